The first kappa shape index (κ1) is 11.9. The number of ketones is 1. The number of thioether (sulfide) groups is 1. The molecule has 0 aliphatic heterocycles. The molecule has 2 aromatic heterocycles. The van der Waals surface area contributed by atoms with Gasteiger partial charge in [0.15, 0.2) is 5.82 Å². The van der Waals surface area contributed by atoms with Gasteiger partial charge in [0.05, 0.1) is 10.1 Å². The van der Waals surface area contributed by atoms with Gasteiger partial charge >= 0.3 is 0 Å². The van der Waals surface area contributed by atoms with Crippen LogP contribution in [0.25, 0.3) is 10.7 Å². The Kier molecular flexibility index (Phi) is 3.47. The predicted octanol–water partition coefficient (Wildman–Crippen LogP) is 3.14. The summed E-state index contributed by atoms with van der Waals surface area (Å²) in [5.74, 6) is 1.13. The van der Waals surface area contributed by atoms with Gasteiger partial charge in [-0.25, -0.2) is 4.98 Å². The Morgan fingerprint density at radius 3 is 3.17 bits per heavy atom. The molecule has 1 aliphatic rings. The lowest BCUT2D eigenvalue weighted by molar-refractivity contribution is -0.119. The van der Waals surface area contributed by atoms with Gasteiger partial charge in [-0.3, -0.25) is 9.89 Å². The van der Waals surface area contributed by atoms with Gasteiger partial charge < -0.3 is 0 Å². The third-order valence-electron chi connectivity index (χ3n) is 2.97. The van der Waals surface area contributed by atoms with Crippen molar-refractivity contribution in [3.63, 3.8) is 0 Å². The van der Waals surface area contributed by atoms with Gasteiger partial charge in [0.1, 0.15) is 5.78 Å². The third kappa shape index (κ3) is 2.49. The molecular weight excluding hydrogens is 266 g/mol. The van der Waals surface area contributed by atoms with Crippen LogP contribution in [0.3, 0.4) is 0 Å². The second-order valence-electron chi connectivity index (χ2n) is 4.26. The molecular formula is C12H13N3OS2. The maximum atomic E-state index is 11.7. The normalized spacial score (nSPS) is 20.2. The van der Waals surface area contributed by atoms with Gasteiger partial charge in [-0.15, -0.1) is 16.4 Å². The van der Waals surface area contributed by atoms with Crippen molar-refractivity contribution in [2.45, 2.75) is 36.1 Å². The van der Waals surface area contributed by atoms with Gasteiger partial charge in [0.25, 0.3) is 0 Å². The molecule has 1 saturated carbocycles. The first-order chi connectivity index (χ1) is 8.83. The molecule has 4 nitrogen and oxygen atoms in total. The lowest BCUT2D eigenvalue weighted by atomic mass is 9.99. The predicted molar refractivity (Wildman–Crippen MR) is 72.8 cm³/mol. The minimum absolute atomic E-state index is 0.0470. The van der Waals surface area contributed by atoms with E-state index in [2.05, 4.69) is 15.2 Å². The van der Waals surface area contributed by atoms with Crippen LogP contribution in [0.5, 0.6) is 0 Å². The molecule has 0 saturated heterocycles. The monoisotopic (exact) mass is 279 g/mol. The van der Waals surface area contributed by atoms with Crippen LogP contribution in [0.2, 0.25) is 0 Å². The Hall–Kier alpha value is -1.14. The first-order valence-electron chi connectivity index (χ1n) is 5.98. The number of carbonyl (C=O) groups is 1. The van der Waals surface area contributed by atoms with Crippen LogP contribution >= 0.6 is 23.1 Å². The highest BCUT2D eigenvalue weighted by Crippen LogP contribution is 2.31. The van der Waals surface area contributed by atoms with Gasteiger partial charge in [-0.1, -0.05) is 24.2 Å². The number of H-pyrrole nitrogens is 1. The van der Waals surface area contributed by atoms with Crippen molar-refractivity contribution in [1.82, 2.24) is 15.2 Å². The quantitative estimate of drug-likeness (QED) is 0.937. The van der Waals surface area contributed by atoms with Crippen molar-refractivity contribution in [1.29, 1.82) is 0 Å². The lowest BCUT2D eigenvalue weighted by Gasteiger charge is -2.17. The van der Waals surface area contributed by atoms with E-state index < -0.39 is 0 Å². The molecule has 18 heavy (non-hydrogen) atoms. The van der Waals surface area contributed by atoms with Crippen LogP contribution < -0.4 is 0 Å². The average Bonchev–Trinajstić information content (AvgIpc) is 3.02. The standard InChI is InChI=1S/C12H13N3OS2/c16-8-4-1-2-5-9(8)18-12-13-11(14-15-12)10-6-3-7-17-10/h3,6-7,9H,1-2,4-5H2,(H,13,14,15). The fourth-order valence-corrected chi connectivity index (χ4v) is 3.72. The number of aromatic nitrogens is 3. The minimum Gasteiger partial charge on any atom is -0.298 e. The summed E-state index contributed by atoms with van der Waals surface area (Å²) in [5.41, 5.74) is 0. The molecule has 1 fully saturated rings. The van der Waals surface area contributed by atoms with E-state index in [1.807, 2.05) is 17.5 Å². The molecule has 0 aromatic carbocycles. The highest BCUT2D eigenvalue weighted by molar-refractivity contribution is 8.00. The van der Waals surface area contributed by atoms with Gasteiger partial charge in [-0.2, -0.15) is 0 Å². The van der Waals surface area contributed by atoms with Gasteiger partial charge in [-0.05, 0) is 24.3 Å². The molecule has 1 atom stereocenters. The van der Waals surface area contributed by atoms with Crippen molar-refractivity contribution in [3.05, 3.63) is 17.5 Å². The van der Waals surface area contributed by atoms with Crippen LogP contribution in [0.15, 0.2) is 22.7 Å². The number of Topliss-reactive ketones (excluding diaryl/α,β-unsaturated/α-hetero) is 1. The smallest absolute Gasteiger partial charge is 0.209 e. The Morgan fingerprint density at radius 1 is 1.44 bits per heavy atom. The summed E-state index contributed by atoms with van der Waals surface area (Å²) >= 11 is 3.12. The lowest BCUT2D eigenvalue weighted by Crippen LogP contribution is -2.21. The van der Waals surface area contributed by atoms with E-state index in [-0.39, 0.29) is 5.25 Å². The van der Waals surface area contributed by atoms with Crippen molar-refractivity contribution >= 4 is 28.9 Å². The summed E-state index contributed by atoms with van der Waals surface area (Å²) in [5, 5.41) is 9.85. The van der Waals surface area contributed by atoms with Crippen molar-refractivity contribution < 1.29 is 4.79 Å². The zero-order chi connectivity index (χ0) is 12.4. The first-order valence-corrected chi connectivity index (χ1v) is 7.74. The van der Waals surface area contributed by atoms with E-state index in [0.29, 0.717) is 17.4 Å². The molecule has 2 aromatic rings. The van der Waals surface area contributed by atoms with E-state index in [0.717, 1.165) is 30.0 Å². The number of thiophene rings is 1. The van der Waals surface area contributed by atoms with E-state index in [1.54, 1.807) is 11.3 Å². The third-order valence-corrected chi connectivity index (χ3v) is 5.02. The molecule has 3 rings (SSSR count). The van der Waals surface area contributed by atoms with Crippen molar-refractivity contribution in [3.8, 4) is 10.7 Å². The second kappa shape index (κ2) is 5.24. The van der Waals surface area contributed by atoms with Crippen molar-refractivity contribution in [2.24, 2.45) is 0 Å². The molecule has 0 amide bonds. The van der Waals surface area contributed by atoms with E-state index in [9.17, 15) is 4.79 Å². The van der Waals surface area contributed by atoms with Gasteiger partial charge in [0, 0.05) is 6.42 Å². The van der Waals surface area contributed by atoms with Crippen LogP contribution in [0.1, 0.15) is 25.7 Å². The maximum Gasteiger partial charge on any atom is 0.209 e. The zero-order valence-electron chi connectivity index (χ0n) is 9.76. The van der Waals surface area contributed by atoms with E-state index in [4.69, 9.17) is 0 Å². The second-order valence-corrected chi connectivity index (χ2v) is 6.38. The summed E-state index contributed by atoms with van der Waals surface area (Å²) in [4.78, 5) is 17.3. The summed E-state index contributed by atoms with van der Waals surface area (Å²) in [6.07, 6.45) is 3.82. The largest absolute Gasteiger partial charge is 0.298 e. The molecule has 0 spiro atoms. The average molecular weight is 279 g/mol. The van der Waals surface area contributed by atoms with Crippen LogP contribution in [-0.4, -0.2) is 26.2 Å². The summed E-state index contributed by atoms with van der Waals surface area (Å²) in [6, 6.07) is 3.99. The van der Waals surface area contributed by atoms with Crippen LogP contribution in [0, 0.1) is 0 Å². The molecule has 1 unspecified atom stereocenters. The number of rotatable bonds is 3. The maximum absolute atomic E-state index is 11.7. The summed E-state index contributed by atoms with van der Waals surface area (Å²) in [7, 11) is 0. The molecule has 0 bridgehead atoms. The fourth-order valence-electron chi connectivity index (χ4n) is 2.03. The SMILES string of the molecule is O=C1CCCCC1Sc1n[nH]c(-c2cccs2)n1. The number of carbonyl (C=O) groups excluding carboxylic acids is 1. The Balaban J connectivity index is 1.72. The number of aromatic amines is 1. The highest BCUT2D eigenvalue weighted by atomic mass is 32.2. The van der Waals surface area contributed by atoms with Crippen molar-refractivity contribution in [2.75, 3.05) is 0 Å². The Morgan fingerprint density at radius 2 is 2.39 bits per heavy atom. The fraction of sp³-hybridized carbons (Fsp3) is 0.417. The molecule has 1 aliphatic carbocycles. The molecule has 6 heteroatoms. The number of nitrogens with one attached hydrogen (secondary N) is 1. The highest BCUT2D eigenvalue weighted by Gasteiger charge is 2.24. The Bertz CT molecular complexity index is 535. The topological polar surface area (TPSA) is 58.6 Å². The molecule has 0 radical (unpaired) electrons. The number of hydrogen-bond donors (Lipinski definition) is 1. The molecule has 94 valence electrons. The van der Waals surface area contributed by atoms with Crippen LogP contribution in [-0.2, 0) is 4.79 Å². The van der Waals surface area contributed by atoms with E-state index in [1.165, 1.54) is 11.8 Å². The van der Waals surface area contributed by atoms with E-state index >= 15 is 0 Å². The number of nitrogens with zero attached hydrogens (tertiary/aromatic N) is 2. The summed E-state index contributed by atoms with van der Waals surface area (Å²) in [6.45, 7) is 0. The molecule has 2 heterocycles. The van der Waals surface area contributed by atoms with Gasteiger partial charge in [0.2, 0.25) is 5.16 Å². The Labute approximate surface area is 113 Å². The number of hydrogen-bond acceptors (Lipinski definition) is 5. The summed E-state index contributed by atoms with van der Waals surface area (Å²) < 4.78 is 0. The minimum atomic E-state index is 0.0470. The zero-order valence-corrected chi connectivity index (χ0v) is 11.4. The molecule has 1 N–H and O–H groups in total. The van der Waals surface area contributed by atoms with Crippen LogP contribution in [0.4, 0.5) is 0 Å².